The van der Waals surface area contributed by atoms with Crippen molar-refractivity contribution in [2.24, 2.45) is 0 Å². The number of ether oxygens (including phenoxy) is 4. The van der Waals surface area contributed by atoms with Crippen LogP contribution < -0.4 is 14.8 Å². The van der Waals surface area contributed by atoms with Crippen LogP contribution in [0.4, 0.5) is 11.5 Å². The van der Waals surface area contributed by atoms with Gasteiger partial charge in [-0.15, -0.1) is 5.10 Å². The van der Waals surface area contributed by atoms with Crippen LogP contribution in [-0.2, 0) is 15.9 Å². The normalized spacial score (nSPS) is 14.2. The van der Waals surface area contributed by atoms with Crippen LogP contribution in [0.5, 0.6) is 11.5 Å². The minimum absolute atomic E-state index is 0.213. The van der Waals surface area contributed by atoms with Crippen LogP contribution in [0.3, 0.4) is 0 Å². The smallest absolute Gasteiger partial charge is 0.163 e. The molecule has 0 radical (unpaired) electrons. The van der Waals surface area contributed by atoms with Crippen molar-refractivity contribution >= 4 is 22.4 Å². The molecule has 1 aliphatic rings. The number of nitrogens with zero attached hydrogens (tertiary/aromatic N) is 5. The fourth-order valence-corrected chi connectivity index (χ4v) is 5.12. The number of aromatic nitrogens is 5. The molecule has 0 spiro atoms. The zero-order valence-electron chi connectivity index (χ0n) is 23.1. The number of hydrogen-bond acceptors (Lipinski definition) is 9. The maximum atomic E-state index is 5.97. The van der Waals surface area contributed by atoms with E-state index in [0.29, 0.717) is 43.7 Å². The van der Waals surface area contributed by atoms with Crippen LogP contribution >= 0.6 is 0 Å². The van der Waals surface area contributed by atoms with E-state index in [4.69, 9.17) is 18.9 Å². The third-order valence-corrected chi connectivity index (χ3v) is 7.14. The zero-order chi connectivity index (χ0) is 28.0. The van der Waals surface area contributed by atoms with Gasteiger partial charge in [0.2, 0.25) is 0 Å². The van der Waals surface area contributed by atoms with Gasteiger partial charge in [-0.25, -0.2) is 14.6 Å². The summed E-state index contributed by atoms with van der Waals surface area (Å²) in [6, 6.07) is 20.6. The Bertz CT molecular complexity index is 1640. The minimum atomic E-state index is 0.213. The lowest BCUT2D eigenvalue weighted by Crippen LogP contribution is -2.09. The van der Waals surface area contributed by atoms with Crippen molar-refractivity contribution in [3.05, 3.63) is 84.3 Å². The number of benzene rings is 3. The fraction of sp³-hybridized carbons (Fsp3) is 0.290. The molecule has 10 nitrogen and oxygen atoms in total. The average Bonchev–Trinajstić information content (AvgIpc) is 3.66. The predicted molar refractivity (Wildman–Crippen MR) is 156 cm³/mol. The number of aryl methyl sites for hydroxylation is 1. The lowest BCUT2D eigenvalue weighted by molar-refractivity contribution is 0.132. The molecule has 0 saturated heterocycles. The van der Waals surface area contributed by atoms with Gasteiger partial charge in [-0.05, 0) is 42.2 Å². The first-order valence-corrected chi connectivity index (χ1v) is 13.6. The Kier molecular flexibility index (Phi) is 8.01. The van der Waals surface area contributed by atoms with Gasteiger partial charge >= 0.3 is 0 Å². The Morgan fingerprint density at radius 2 is 1.68 bits per heavy atom. The highest BCUT2D eigenvalue weighted by atomic mass is 16.5. The molecule has 1 aliphatic carbocycles. The van der Waals surface area contributed by atoms with E-state index in [2.05, 4.69) is 49.9 Å². The number of hydrogen-bond donors (Lipinski definition) is 1. The first kappa shape index (κ1) is 26.7. The van der Waals surface area contributed by atoms with E-state index in [0.717, 1.165) is 40.7 Å². The molecule has 10 heteroatoms. The highest BCUT2D eigenvalue weighted by Crippen LogP contribution is 2.36. The number of anilines is 2. The van der Waals surface area contributed by atoms with E-state index in [9.17, 15) is 0 Å². The van der Waals surface area contributed by atoms with Gasteiger partial charge in [-0.2, -0.15) is 0 Å². The Morgan fingerprint density at radius 1 is 0.878 bits per heavy atom. The molecule has 0 aliphatic heterocycles. The van der Waals surface area contributed by atoms with Crippen LogP contribution in [0, 0.1) is 0 Å². The molecule has 2 aromatic heterocycles. The van der Waals surface area contributed by atoms with E-state index >= 15 is 0 Å². The molecule has 0 bridgehead atoms. The Labute approximate surface area is 238 Å². The Hall–Kier alpha value is -4.54. The molecular formula is C31H32N6O4. The Morgan fingerprint density at radius 3 is 2.51 bits per heavy atom. The quantitative estimate of drug-likeness (QED) is 0.209. The Balaban J connectivity index is 1.26. The molecule has 1 unspecified atom stereocenters. The summed E-state index contributed by atoms with van der Waals surface area (Å²) in [6.07, 6.45) is 5.65. The van der Waals surface area contributed by atoms with Gasteiger partial charge in [-0.3, -0.25) is 0 Å². The van der Waals surface area contributed by atoms with Crippen molar-refractivity contribution in [2.45, 2.75) is 18.9 Å². The summed E-state index contributed by atoms with van der Waals surface area (Å²) < 4.78 is 24.1. The summed E-state index contributed by atoms with van der Waals surface area (Å²) in [6.45, 7) is 1.69. The lowest BCUT2D eigenvalue weighted by atomic mass is 10.1. The van der Waals surface area contributed by atoms with Crippen molar-refractivity contribution in [2.75, 3.05) is 46.0 Å². The first-order valence-electron chi connectivity index (χ1n) is 13.6. The summed E-state index contributed by atoms with van der Waals surface area (Å²) >= 11 is 0. The molecular weight excluding hydrogens is 520 g/mol. The third kappa shape index (κ3) is 5.84. The summed E-state index contributed by atoms with van der Waals surface area (Å²) in [5.41, 5.74) is 6.09. The van der Waals surface area contributed by atoms with E-state index < -0.39 is 0 Å². The highest BCUT2D eigenvalue weighted by molar-refractivity contribution is 5.93. The third-order valence-electron chi connectivity index (χ3n) is 7.14. The summed E-state index contributed by atoms with van der Waals surface area (Å²) in [5.74, 6) is 1.83. The number of fused-ring (bicyclic) bond motifs is 2. The lowest BCUT2D eigenvalue weighted by Gasteiger charge is -2.15. The van der Waals surface area contributed by atoms with Crippen LogP contribution in [0.2, 0.25) is 0 Å². The van der Waals surface area contributed by atoms with E-state index in [1.807, 2.05) is 47.3 Å². The van der Waals surface area contributed by atoms with Crippen molar-refractivity contribution in [3.8, 4) is 22.8 Å². The molecule has 3 aromatic carbocycles. The monoisotopic (exact) mass is 552 g/mol. The molecule has 6 rings (SSSR count). The van der Waals surface area contributed by atoms with E-state index in [1.54, 1.807) is 14.2 Å². The fourth-order valence-electron chi connectivity index (χ4n) is 5.12. The van der Waals surface area contributed by atoms with Gasteiger partial charge in [-0.1, -0.05) is 41.6 Å². The van der Waals surface area contributed by atoms with E-state index in [-0.39, 0.29) is 6.04 Å². The topological polar surface area (TPSA) is 105 Å². The molecule has 0 fully saturated rings. The van der Waals surface area contributed by atoms with Crippen LogP contribution in [-0.4, -0.2) is 65.6 Å². The second-order valence-electron chi connectivity index (χ2n) is 9.76. The van der Waals surface area contributed by atoms with Crippen molar-refractivity contribution in [1.82, 2.24) is 25.0 Å². The van der Waals surface area contributed by atoms with Crippen molar-refractivity contribution in [1.29, 1.82) is 0 Å². The molecule has 2 heterocycles. The van der Waals surface area contributed by atoms with Gasteiger partial charge in [0.15, 0.2) is 11.5 Å². The molecule has 210 valence electrons. The van der Waals surface area contributed by atoms with E-state index in [1.165, 1.54) is 17.5 Å². The van der Waals surface area contributed by atoms with Crippen LogP contribution in [0.15, 0.2) is 73.2 Å². The molecule has 0 saturated carbocycles. The number of nitrogens with one attached hydrogen (secondary N) is 1. The number of methoxy groups -OCH3 is 2. The summed E-state index contributed by atoms with van der Waals surface area (Å²) in [4.78, 5) is 9.00. The van der Waals surface area contributed by atoms with Gasteiger partial charge in [0.05, 0.1) is 31.0 Å². The zero-order valence-corrected chi connectivity index (χ0v) is 23.1. The predicted octanol–water partition coefficient (Wildman–Crippen LogP) is 5.22. The molecule has 0 amide bonds. The molecule has 41 heavy (non-hydrogen) atoms. The van der Waals surface area contributed by atoms with Crippen LogP contribution in [0.25, 0.3) is 22.2 Å². The van der Waals surface area contributed by atoms with Crippen molar-refractivity contribution in [3.63, 3.8) is 0 Å². The van der Waals surface area contributed by atoms with Gasteiger partial charge < -0.3 is 24.3 Å². The molecule has 1 N–H and O–H groups in total. The maximum Gasteiger partial charge on any atom is 0.163 e. The second kappa shape index (κ2) is 12.3. The van der Waals surface area contributed by atoms with Gasteiger partial charge in [0.1, 0.15) is 31.1 Å². The molecule has 1 atom stereocenters. The average molecular weight is 553 g/mol. The second-order valence-corrected chi connectivity index (χ2v) is 9.76. The summed E-state index contributed by atoms with van der Waals surface area (Å²) in [5, 5.41) is 13.2. The van der Waals surface area contributed by atoms with Gasteiger partial charge in [0, 0.05) is 36.9 Å². The minimum Gasteiger partial charge on any atom is -0.487 e. The molecule has 5 aromatic rings. The maximum absolute atomic E-state index is 5.97. The highest BCUT2D eigenvalue weighted by Gasteiger charge is 2.24. The summed E-state index contributed by atoms with van der Waals surface area (Å²) in [7, 11) is 3.27. The number of rotatable bonds is 12. The first-order chi connectivity index (χ1) is 20.2. The van der Waals surface area contributed by atoms with Crippen LogP contribution in [0.1, 0.15) is 23.6 Å². The SMILES string of the molecule is COCCOc1cc2ncnc(Nc3cccc(-c4cn(C5CCc6ccccc65)nn4)c3)c2cc1OCCOC. The standard InChI is InChI=1S/C31H32N6O4/c1-38-12-14-40-29-17-25-26(18-30(29)41-15-13-39-2)32-20-33-31(25)34-23-8-5-7-22(16-23)27-19-37(36-35-27)28-11-10-21-6-3-4-9-24(21)28/h3-9,16-20,28H,10-15H2,1-2H3,(H,32,33,34). The van der Waals surface area contributed by atoms with Crippen molar-refractivity contribution < 1.29 is 18.9 Å². The van der Waals surface area contributed by atoms with Gasteiger partial charge in [0.25, 0.3) is 0 Å². The largest absolute Gasteiger partial charge is 0.487 e.